The van der Waals surface area contributed by atoms with E-state index < -0.39 is 21.9 Å². The molecule has 0 spiro atoms. The van der Waals surface area contributed by atoms with E-state index in [2.05, 4.69) is 10.8 Å². The molecular formula is C15H19FN2O2S. The standard InChI is InChI=1S/C15H19FN2O2S/c16-14-8-4-5-12(9-14)11-21(19,20)18-15(10-17)13-6-2-1-3-7-13/h4-5,8-9,13,15,18H,1-3,6-7,11H2/t15-/m1/s1. The van der Waals surface area contributed by atoms with Crippen LogP contribution < -0.4 is 4.72 Å². The van der Waals surface area contributed by atoms with Crippen molar-refractivity contribution in [3.8, 4) is 6.07 Å². The van der Waals surface area contributed by atoms with Gasteiger partial charge in [0, 0.05) is 0 Å². The zero-order valence-electron chi connectivity index (χ0n) is 11.8. The maximum Gasteiger partial charge on any atom is 0.216 e. The van der Waals surface area contributed by atoms with Gasteiger partial charge in [-0.05, 0) is 36.5 Å². The van der Waals surface area contributed by atoms with Gasteiger partial charge in [0.05, 0.1) is 11.8 Å². The maximum atomic E-state index is 13.1. The van der Waals surface area contributed by atoms with E-state index in [4.69, 9.17) is 0 Å². The van der Waals surface area contributed by atoms with E-state index in [0.29, 0.717) is 5.56 Å². The fourth-order valence-corrected chi connectivity index (χ4v) is 4.11. The van der Waals surface area contributed by atoms with E-state index in [1.54, 1.807) is 6.07 Å². The number of nitrogens with zero attached hydrogens (tertiary/aromatic N) is 1. The van der Waals surface area contributed by atoms with E-state index in [1.165, 1.54) is 18.2 Å². The van der Waals surface area contributed by atoms with Crippen LogP contribution in [-0.2, 0) is 15.8 Å². The predicted molar refractivity (Wildman–Crippen MR) is 78.1 cm³/mol. The van der Waals surface area contributed by atoms with Crippen LogP contribution in [0.3, 0.4) is 0 Å². The minimum Gasteiger partial charge on any atom is -0.212 e. The third kappa shape index (κ3) is 4.80. The first-order valence-corrected chi connectivity index (χ1v) is 8.79. The summed E-state index contributed by atoms with van der Waals surface area (Å²) in [6.07, 6.45) is 4.97. The first-order valence-electron chi connectivity index (χ1n) is 7.14. The summed E-state index contributed by atoms with van der Waals surface area (Å²) in [6.45, 7) is 0. The number of halogens is 1. The van der Waals surface area contributed by atoms with Crippen LogP contribution in [0.15, 0.2) is 24.3 Å². The molecule has 114 valence electrons. The van der Waals surface area contributed by atoms with Crippen molar-refractivity contribution in [3.05, 3.63) is 35.6 Å². The molecule has 1 N–H and O–H groups in total. The molecule has 0 aliphatic heterocycles. The van der Waals surface area contributed by atoms with Crippen LogP contribution in [0.1, 0.15) is 37.7 Å². The average Bonchev–Trinajstić information content (AvgIpc) is 2.45. The van der Waals surface area contributed by atoms with E-state index in [1.807, 2.05) is 0 Å². The van der Waals surface area contributed by atoms with E-state index in [0.717, 1.165) is 32.1 Å². The number of nitrogens with one attached hydrogen (secondary N) is 1. The Kier molecular flexibility index (Phi) is 5.32. The molecule has 1 saturated carbocycles. The molecular weight excluding hydrogens is 291 g/mol. The van der Waals surface area contributed by atoms with Crippen molar-refractivity contribution < 1.29 is 12.8 Å². The number of sulfonamides is 1. The Bertz CT molecular complexity index is 619. The number of benzene rings is 1. The second-order valence-electron chi connectivity index (χ2n) is 5.51. The van der Waals surface area contributed by atoms with Gasteiger partial charge in [0.2, 0.25) is 10.0 Å². The zero-order chi connectivity index (χ0) is 15.3. The Morgan fingerprint density at radius 3 is 2.67 bits per heavy atom. The number of rotatable bonds is 5. The highest BCUT2D eigenvalue weighted by Gasteiger charge is 2.27. The molecule has 1 aromatic carbocycles. The van der Waals surface area contributed by atoms with Gasteiger partial charge in [-0.15, -0.1) is 0 Å². The maximum absolute atomic E-state index is 13.1. The highest BCUT2D eigenvalue weighted by molar-refractivity contribution is 7.88. The quantitative estimate of drug-likeness (QED) is 0.909. The second kappa shape index (κ2) is 7.01. The van der Waals surface area contributed by atoms with Gasteiger partial charge in [0.25, 0.3) is 0 Å². The molecule has 0 bridgehead atoms. The fourth-order valence-electron chi connectivity index (χ4n) is 2.78. The SMILES string of the molecule is N#C[C@@H](NS(=O)(=O)Cc1cccc(F)c1)C1CCCCC1. The van der Waals surface area contributed by atoms with Gasteiger partial charge in [-0.1, -0.05) is 31.4 Å². The molecule has 1 aliphatic carbocycles. The lowest BCUT2D eigenvalue weighted by Crippen LogP contribution is -2.40. The van der Waals surface area contributed by atoms with Crippen LogP contribution in [0.25, 0.3) is 0 Å². The van der Waals surface area contributed by atoms with Crippen molar-refractivity contribution in [2.75, 3.05) is 0 Å². The molecule has 6 heteroatoms. The largest absolute Gasteiger partial charge is 0.216 e. The van der Waals surface area contributed by atoms with E-state index >= 15 is 0 Å². The molecule has 0 heterocycles. The number of nitriles is 1. The van der Waals surface area contributed by atoms with Gasteiger partial charge in [0.1, 0.15) is 11.9 Å². The molecule has 0 radical (unpaired) electrons. The van der Waals surface area contributed by atoms with Gasteiger partial charge in [-0.2, -0.15) is 9.98 Å². The molecule has 0 unspecified atom stereocenters. The van der Waals surface area contributed by atoms with Crippen LogP contribution in [0.2, 0.25) is 0 Å². The van der Waals surface area contributed by atoms with Crippen molar-refractivity contribution in [1.82, 2.24) is 4.72 Å². The van der Waals surface area contributed by atoms with Crippen molar-refractivity contribution >= 4 is 10.0 Å². The Hall–Kier alpha value is -1.45. The Labute approximate surface area is 125 Å². The number of hydrogen-bond donors (Lipinski definition) is 1. The van der Waals surface area contributed by atoms with Crippen molar-refractivity contribution in [1.29, 1.82) is 5.26 Å². The highest BCUT2D eigenvalue weighted by Crippen LogP contribution is 2.26. The summed E-state index contributed by atoms with van der Waals surface area (Å²) in [5.74, 6) is -0.701. The lowest BCUT2D eigenvalue weighted by atomic mass is 9.85. The van der Waals surface area contributed by atoms with Gasteiger partial charge < -0.3 is 0 Å². The van der Waals surface area contributed by atoms with Crippen molar-refractivity contribution in [2.45, 2.75) is 43.9 Å². The first-order chi connectivity index (χ1) is 10.00. The Balaban J connectivity index is 2.03. The number of hydrogen-bond acceptors (Lipinski definition) is 3. The molecule has 1 fully saturated rings. The summed E-state index contributed by atoms with van der Waals surface area (Å²) in [5.41, 5.74) is 0.378. The van der Waals surface area contributed by atoms with Crippen LogP contribution >= 0.6 is 0 Å². The molecule has 1 aromatic rings. The minimum absolute atomic E-state index is 0.0750. The minimum atomic E-state index is -3.65. The summed E-state index contributed by atoms with van der Waals surface area (Å²) in [6, 6.07) is 6.87. The Morgan fingerprint density at radius 1 is 1.33 bits per heavy atom. The molecule has 21 heavy (non-hydrogen) atoms. The first kappa shape index (κ1) is 15.9. The Morgan fingerprint density at radius 2 is 2.05 bits per heavy atom. The zero-order valence-corrected chi connectivity index (χ0v) is 12.6. The lowest BCUT2D eigenvalue weighted by molar-refractivity contribution is 0.323. The average molecular weight is 310 g/mol. The third-order valence-corrected chi connectivity index (χ3v) is 5.14. The van der Waals surface area contributed by atoms with E-state index in [-0.39, 0.29) is 11.7 Å². The summed E-state index contributed by atoms with van der Waals surface area (Å²) in [5, 5.41) is 9.21. The summed E-state index contributed by atoms with van der Waals surface area (Å²) in [7, 11) is -3.65. The highest BCUT2D eigenvalue weighted by atomic mass is 32.2. The van der Waals surface area contributed by atoms with Crippen LogP contribution in [-0.4, -0.2) is 14.5 Å². The monoisotopic (exact) mass is 310 g/mol. The predicted octanol–water partition coefficient (Wildman–Crippen LogP) is 2.72. The van der Waals surface area contributed by atoms with E-state index in [9.17, 15) is 18.1 Å². The molecule has 1 aliphatic rings. The van der Waals surface area contributed by atoms with Crippen molar-refractivity contribution in [2.24, 2.45) is 5.92 Å². The molecule has 0 aromatic heterocycles. The van der Waals surface area contributed by atoms with Crippen LogP contribution in [0.5, 0.6) is 0 Å². The fraction of sp³-hybridized carbons (Fsp3) is 0.533. The summed E-state index contributed by atoms with van der Waals surface area (Å²) >= 11 is 0. The normalized spacial score (nSPS) is 18.1. The van der Waals surface area contributed by atoms with Gasteiger partial charge >= 0.3 is 0 Å². The van der Waals surface area contributed by atoms with Crippen molar-refractivity contribution in [3.63, 3.8) is 0 Å². The lowest BCUT2D eigenvalue weighted by Gasteiger charge is -2.26. The second-order valence-corrected chi connectivity index (χ2v) is 7.27. The van der Waals surface area contributed by atoms with Crippen LogP contribution in [0.4, 0.5) is 4.39 Å². The topological polar surface area (TPSA) is 70.0 Å². The summed E-state index contributed by atoms with van der Waals surface area (Å²) in [4.78, 5) is 0. The molecule has 2 rings (SSSR count). The summed E-state index contributed by atoms with van der Waals surface area (Å²) < 4.78 is 39.8. The molecule has 4 nitrogen and oxygen atoms in total. The smallest absolute Gasteiger partial charge is 0.212 e. The molecule has 1 atom stereocenters. The third-order valence-electron chi connectivity index (χ3n) is 3.81. The molecule has 0 saturated heterocycles. The van der Waals surface area contributed by atoms with Crippen LogP contribution in [0, 0.1) is 23.1 Å². The van der Waals surface area contributed by atoms with Gasteiger partial charge in [0.15, 0.2) is 0 Å². The van der Waals surface area contributed by atoms with Gasteiger partial charge in [-0.3, -0.25) is 0 Å². The van der Waals surface area contributed by atoms with Gasteiger partial charge in [-0.25, -0.2) is 12.8 Å². The molecule has 0 amide bonds.